The Bertz CT molecular complexity index is 652. The highest BCUT2D eigenvalue weighted by Crippen LogP contribution is 2.22. The molecule has 21 heavy (non-hydrogen) atoms. The number of para-hydroxylation sites is 1. The van der Waals surface area contributed by atoms with E-state index in [1.165, 1.54) is 11.1 Å². The lowest BCUT2D eigenvalue weighted by Crippen LogP contribution is -2.01. The SMILES string of the molecule is Cc1cccc(C)c1COc1ccccc1/C=C/C(=O)O. The van der Waals surface area contributed by atoms with Gasteiger partial charge >= 0.3 is 5.97 Å². The van der Waals surface area contributed by atoms with Gasteiger partial charge in [0.1, 0.15) is 12.4 Å². The number of aryl methyl sites for hydroxylation is 2. The Balaban J connectivity index is 2.19. The Morgan fingerprint density at radius 3 is 2.43 bits per heavy atom. The topological polar surface area (TPSA) is 46.5 Å². The smallest absolute Gasteiger partial charge is 0.328 e. The minimum atomic E-state index is -0.973. The number of aliphatic carboxylic acids is 1. The van der Waals surface area contributed by atoms with E-state index in [1.54, 1.807) is 6.08 Å². The molecule has 2 aromatic carbocycles. The van der Waals surface area contributed by atoms with Crippen molar-refractivity contribution in [2.45, 2.75) is 20.5 Å². The number of carboxylic acids is 1. The molecule has 2 aromatic rings. The molecule has 0 amide bonds. The van der Waals surface area contributed by atoms with E-state index in [0.29, 0.717) is 12.4 Å². The van der Waals surface area contributed by atoms with Crippen molar-refractivity contribution in [2.75, 3.05) is 0 Å². The summed E-state index contributed by atoms with van der Waals surface area (Å²) >= 11 is 0. The van der Waals surface area contributed by atoms with Crippen LogP contribution in [0.2, 0.25) is 0 Å². The molecule has 3 heteroatoms. The van der Waals surface area contributed by atoms with Crippen LogP contribution in [0, 0.1) is 13.8 Å². The molecule has 0 unspecified atom stereocenters. The largest absolute Gasteiger partial charge is 0.488 e. The molecule has 0 atom stereocenters. The molecule has 0 aliphatic heterocycles. The van der Waals surface area contributed by atoms with Crippen molar-refractivity contribution in [1.82, 2.24) is 0 Å². The molecular formula is C18H18O3. The number of carboxylic acid groups (broad SMARTS) is 1. The zero-order valence-corrected chi connectivity index (χ0v) is 12.2. The van der Waals surface area contributed by atoms with Gasteiger partial charge in [0.05, 0.1) is 0 Å². The van der Waals surface area contributed by atoms with Gasteiger partial charge in [-0.25, -0.2) is 4.79 Å². The van der Waals surface area contributed by atoms with Gasteiger partial charge in [0.15, 0.2) is 0 Å². The fraction of sp³-hybridized carbons (Fsp3) is 0.167. The minimum Gasteiger partial charge on any atom is -0.488 e. The third kappa shape index (κ3) is 3.96. The van der Waals surface area contributed by atoms with Crippen LogP contribution in [0.25, 0.3) is 6.08 Å². The summed E-state index contributed by atoms with van der Waals surface area (Å²) in [5.74, 6) is -0.294. The van der Waals surface area contributed by atoms with Crippen molar-refractivity contribution in [2.24, 2.45) is 0 Å². The van der Waals surface area contributed by atoms with Gasteiger partial charge in [0.2, 0.25) is 0 Å². The fourth-order valence-electron chi connectivity index (χ4n) is 2.14. The van der Waals surface area contributed by atoms with E-state index in [9.17, 15) is 4.79 Å². The fourth-order valence-corrected chi connectivity index (χ4v) is 2.14. The lowest BCUT2D eigenvalue weighted by molar-refractivity contribution is -0.131. The summed E-state index contributed by atoms with van der Waals surface area (Å²) in [4.78, 5) is 10.6. The monoisotopic (exact) mass is 282 g/mol. The quantitative estimate of drug-likeness (QED) is 0.844. The molecule has 108 valence electrons. The summed E-state index contributed by atoms with van der Waals surface area (Å²) in [7, 11) is 0. The van der Waals surface area contributed by atoms with Crippen molar-refractivity contribution in [1.29, 1.82) is 0 Å². The number of ether oxygens (including phenoxy) is 1. The molecule has 0 bridgehead atoms. The Hall–Kier alpha value is -2.55. The summed E-state index contributed by atoms with van der Waals surface area (Å²) < 4.78 is 5.87. The van der Waals surface area contributed by atoms with Crippen molar-refractivity contribution in [3.63, 3.8) is 0 Å². The van der Waals surface area contributed by atoms with E-state index in [2.05, 4.69) is 26.0 Å². The highest BCUT2D eigenvalue weighted by atomic mass is 16.5. The minimum absolute atomic E-state index is 0.469. The van der Waals surface area contributed by atoms with Crippen LogP contribution in [0.1, 0.15) is 22.3 Å². The van der Waals surface area contributed by atoms with E-state index in [-0.39, 0.29) is 0 Å². The van der Waals surface area contributed by atoms with Gasteiger partial charge in [0, 0.05) is 11.6 Å². The second-order valence-corrected chi connectivity index (χ2v) is 4.87. The summed E-state index contributed by atoms with van der Waals surface area (Å²) in [6.07, 6.45) is 2.66. The summed E-state index contributed by atoms with van der Waals surface area (Å²) in [5.41, 5.74) is 4.29. The van der Waals surface area contributed by atoms with Crippen molar-refractivity contribution in [3.05, 3.63) is 70.8 Å². The molecule has 0 spiro atoms. The normalized spacial score (nSPS) is 10.8. The molecule has 3 nitrogen and oxygen atoms in total. The standard InChI is InChI=1S/C18H18O3/c1-13-6-5-7-14(2)16(13)12-21-17-9-4-3-8-15(17)10-11-18(19)20/h3-11H,12H2,1-2H3,(H,19,20)/b11-10+. The van der Waals surface area contributed by atoms with Gasteiger partial charge < -0.3 is 9.84 Å². The van der Waals surface area contributed by atoms with E-state index >= 15 is 0 Å². The van der Waals surface area contributed by atoms with Crippen molar-refractivity contribution in [3.8, 4) is 5.75 Å². The number of hydrogen-bond acceptors (Lipinski definition) is 2. The van der Waals surface area contributed by atoms with Gasteiger partial charge in [-0.1, -0.05) is 36.4 Å². The second kappa shape index (κ2) is 6.75. The zero-order chi connectivity index (χ0) is 15.2. The number of hydrogen-bond donors (Lipinski definition) is 1. The van der Waals surface area contributed by atoms with E-state index in [4.69, 9.17) is 9.84 Å². The maximum atomic E-state index is 10.6. The molecule has 0 radical (unpaired) electrons. The molecule has 0 fully saturated rings. The van der Waals surface area contributed by atoms with E-state index in [1.807, 2.05) is 30.3 Å². The van der Waals surface area contributed by atoms with Gasteiger partial charge in [0.25, 0.3) is 0 Å². The Kier molecular flexibility index (Phi) is 4.77. The molecule has 2 rings (SSSR count). The predicted octanol–water partition coefficient (Wildman–Crippen LogP) is 3.98. The van der Waals surface area contributed by atoms with Crippen molar-refractivity contribution < 1.29 is 14.6 Å². The molecule has 0 aliphatic rings. The maximum Gasteiger partial charge on any atom is 0.328 e. The maximum absolute atomic E-state index is 10.6. The highest BCUT2D eigenvalue weighted by Gasteiger charge is 2.05. The average Bonchev–Trinajstić information content (AvgIpc) is 2.45. The first-order chi connectivity index (χ1) is 10.1. The molecule has 1 N–H and O–H groups in total. The van der Waals surface area contributed by atoms with Crippen LogP contribution in [0.3, 0.4) is 0 Å². The van der Waals surface area contributed by atoms with E-state index in [0.717, 1.165) is 17.2 Å². The summed E-state index contributed by atoms with van der Waals surface area (Å²) in [6, 6.07) is 13.5. The molecule has 0 saturated carbocycles. The van der Waals surface area contributed by atoms with Crippen LogP contribution in [0.5, 0.6) is 5.75 Å². The van der Waals surface area contributed by atoms with Crippen LogP contribution >= 0.6 is 0 Å². The average molecular weight is 282 g/mol. The number of rotatable bonds is 5. The molecule has 0 aromatic heterocycles. The van der Waals surface area contributed by atoms with Crippen LogP contribution in [0.4, 0.5) is 0 Å². The van der Waals surface area contributed by atoms with Gasteiger partial charge in [-0.05, 0) is 42.7 Å². The molecular weight excluding hydrogens is 264 g/mol. The lowest BCUT2D eigenvalue weighted by atomic mass is 10.0. The Morgan fingerprint density at radius 1 is 1.10 bits per heavy atom. The third-order valence-electron chi connectivity index (χ3n) is 3.34. The zero-order valence-electron chi connectivity index (χ0n) is 12.2. The number of benzene rings is 2. The molecule has 0 saturated heterocycles. The first-order valence-corrected chi connectivity index (χ1v) is 6.76. The summed E-state index contributed by atoms with van der Waals surface area (Å²) in [5, 5.41) is 8.72. The van der Waals surface area contributed by atoms with E-state index < -0.39 is 5.97 Å². The van der Waals surface area contributed by atoms with Gasteiger partial charge in [-0.2, -0.15) is 0 Å². The molecule has 0 heterocycles. The highest BCUT2D eigenvalue weighted by molar-refractivity contribution is 5.85. The van der Waals surface area contributed by atoms with Crippen LogP contribution in [0.15, 0.2) is 48.5 Å². The Morgan fingerprint density at radius 2 is 1.76 bits per heavy atom. The number of carbonyl (C=O) groups is 1. The Labute approximate surface area is 124 Å². The summed E-state index contributed by atoms with van der Waals surface area (Å²) in [6.45, 7) is 4.58. The van der Waals surface area contributed by atoms with Gasteiger partial charge in [-0.15, -0.1) is 0 Å². The van der Waals surface area contributed by atoms with Gasteiger partial charge in [-0.3, -0.25) is 0 Å². The third-order valence-corrected chi connectivity index (χ3v) is 3.34. The van der Waals surface area contributed by atoms with Crippen LogP contribution in [-0.4, -0.2) is 11.1 Å². The second-order valence-electron chi connectivity index (χ2n) is 4.87. The van der Waals surface area contributed by atoms with Crippen LogP contribution in [-0.2, 0) is 11.4 Å². The molecule has 0 aliphatic carbocycles. The lowest BCUT2D eigenvalue weighted by Gasteiger charge is -2.13. The van der Waals surface area contributed by atoms with Crippen molar-refractivity contribution >= 4 is 12.0 Å². The van der Waals surface area contributed by atoms with Crippen LogP contribution < -0.4 is 4.74 Å². The predicted molar refractivity (Wildman–Crippen MR) is 83.4 cm³/mol. The first kappa shape index (κ1) is 14.9. The first-order valence-electron chi connectivity index (χ1n) is 6.76.